The molecule has 1 aromatic rings. The second kappa shape index (κ2) is 5.99. The largest absolute Gasteiger partial charge is 0.377 e. The Bertz CT molecular complexity index is 749. The maximum atomic E-state index is 11.7. The summed E-state index contributed by atoms with van der Waals surface area (Å²) in [5.41, 5.74) is 2.69. The van der Waals surface area contributed by atoms with E-state index in [1.165, 1.54) is 0 Å². The normalized spacial score (nSPS) is 28.4. The number of carbonyl (C=O) groups excluding carboxylic acids is 1. The summed E-state index contributed by atoms with van der Waals surface area (Å²) in [4.78, 5) is 18.8. The van der Waals surface area contributed by atoms with Gasteiger partial charge in [0.2, 0.25) is 0 Å². The maximum Gasteiger partial charge on any atom is 0.253 e. The van der Waals surface area contributed by atoms with Crippen LogP contribution in [0, 0.1) is 29.6 Å². The van der Waals surface area contributed by atoms with Crippen molar-refractivity contribution in [2.45, 2.75) is 45.8 Å². The number of anilines is 1. The fraction of sp³-hybridized carbons (Fsp3) is 0.632. The summed E-state index contributed by atoms with van der Waals surface area (Å²) >= 11 is 0. The zero-order valence-electron chi connectivity index (χ0n) is 14.8. The summed E-state index contributed by atoms with van der Waals surface area (Å²) in [7, 11) is 0. The van der Waals surface area contributed by atoms with Crippen LogP contribution in [0.1, 0.15) is 47.8 Å². The van der Waals surface area contributed by atoms with Crippen LogP contribution in [0.5, 0.6) is 0 Å². The molecule has 132 valence electrons. The first kappa shape index (κ1) is 16.3. The molecule has 2 fully saturated rings. The van der Waals surface area contributed by atoms with E-state index < -0.39 is 0 Å². The number of hydrogen-bond donors (Lipinski definition) is 1. The van der Waals surface area contributed by atoms with Gasteiger partial charge in [-0.15, -0.1) is 0 Å². The molecule has 2 atom stereocenters. The van der Waals surface area contributed by atoms with E-state index in [2.05, 4.69) is 23.2 Å². The topological polar surface area (TPSA) is 78.2 Å². The molecule has 3 aliphatic rings. The monoisotopic (exact) mass is 340 g/mol. The second-order valence-electron chi connectivity index (χ2n) is 7.84. The van der Waals surface area contributed by atoms with E-state index in [0.29, 0.717) is 18.7 Å². The van der Waals surface area contributed by atoms with Gasteiger partial charge in [-0.3, -0.25) is 4.79 Å². The highest BCUT2D eigenvalue weighted by Crippen LogP contribution is 2.52. The molecule has 0 spiro atoms. The van der Waals surface area contributed by atoms with E-state index in [1.807, 2.05) is 13.0 Å². The number of aromatic nitrogens is 1. The van der Waals surface area contributed by atoms with Gasteiger partial charge in [0.05, 0.1) is 42.5 Å². The van der Waals surface area contributed by atoms with Gasteiger partial charge in [0, 0.05) is 18.5 Å². The van der Waals surface area contributed by atoms with Gasteiger partial charge in [-0.05, 0) is 37.8 Å². The number of aryl methyl sites for hydroxylation is 1. The molecule has 0 aromatic carbocycles. The van der Waals surface area contributed by atoms with Crippen molar-refractivity contribution < 1.29 is 9.53 Å². The van der Waals surface area contributed by atoms with Gasteiger partial charge in [-0.2, -0.15) is 5.26 Å². The van der Waals surface area contributed by atoms with E-state index in [1.54, 1.807) is 0 Å². The zero-order chi connectivity index (χ0) is 17.6. The van der Waals surface area contributed by atoms with E-state index in [9.17, 15) is 4.79 Å². The highest BCUT2D eigenvalue weighted by atomic mass is 16.5. The Kier molecular flexibility index (Phi) is 3.92. The predicted octanol–water partition coefficient (Wildman–Crippen LogP) is 2.17. The molecule has 6 nitrogen and oxygen atoms in total. The van der Waals surface area contributed by atoms with Crippen molar-refractivity contribution in [3.8, 4) is 6.07 Å². The molecule has 2 aliphatic heterocycles. The Balaban J connectivity index is 1.35. The number of nitrogens with zero attached hydrogens (tertiary/aromatic N) is 3. The van der Waals surface area contributed by atoms with Crippen molar-refractivity contribution in [2.75, 3.05) is 24.6 Å². The number of pyridine rings is 1. The van der Waals surface area contributed by atoms with Crippen LogP contribution in [0.3, 0.4) is 0 Å². The molecule has 1 N–H and O–H groups in total. The lowest BCUT2D eigenvalue weighted by atomic mass is 10.0. The first-order valence-electron chi connectivity index (χ1n) is 9.05. The lowest BCUT2D eigenvalue weighted by molar-refractivity contribution is 0.0107. The average molecular weight is 340 g/mol. The minimum Gasteiger partial charge on any atom is -0.377 e. The number of rotatable bonds is 4. The smallest absolute Gasteiger partial charge is 0.253 e. The molecular formula is C19H24N4O2. The van der Waals surface area contributed by atoms with E-state index in [0.717, 1.165) is 49.4 Å². The van der Waals surface area contributed by atoms with Crippen LogP contribution in [0.25, 0.3) is 0 Å². The third kappa shape index (κ3) is 2.98. The minimum atomic E-state index is -0.0199. The Hall–Kier alpha value is -2.13. The third-order valence-corrected chi connectivity index (χ3v) is 5.82. The molecule has 1 saturated heterocycles. The van der Waals surface area contributed by atoms with E-state index >= 15 is 0 Å². The van der Waals surface area contributed by atoms with Crippen LogP contribution in [-0.4, -0.2) is 36.7 Å². The Morgan fingerprint density at radius 3 is 2.92 bits per heavy atom. The minimum absolute atomic E-state index is 0.0199. The number of amides is 1. The average Bonchev–Trinajstić information content (AvgIpc) is 3.16. The van der Waals surface area contributed by atoms with E-state index in [-0.39, 0.29) is 23.3 Å². The molecule has 1 aliphatic carbocycles. The first-order chi connectivity index (χ1) is 12.0. The molecule has 6 heteroatoms. The quantitative estimate of drug-likeness (QED) is 0.909. The molecule has 3 heterocycles. The van der Waals surface area contributed by atoms with Crippen LogP contribution in [0.15, 0.2) is 6.07 Å². The van der Waals surface area contributed by atoms with Crippen LogP contribution in [0.4, 0.5) is 5.82 Å². The Morgan fingerprint density at radius 1 is 1.48 bits per heavy atom. The first-order valence-corrected chi connectivity index (χ1v) is 9.05. The van der Waals surface area contributed by atoms with Crippen LogP contribution < -0.4 is 10.2 Å². The van der Waals surface area contributed by atoms with Gasteiger partial charge in [0.15, 0.2) is 0 Å². The molecule has 1 saturated carbocycles. The van der Waals surface area contributed by atoms with Crippen molar-refractivity contribution >= 4 is 11.7 Å². The van der Waals surface area contributed by atoms with Gasteiger partial charge in [-0.25, -0.2) is 4.98 Å². The number of hydrogen-bond acceptors (Lipinski definition) is 5. The molecule has 4 rings (SSSR count). The summed E-state index contributed by atoms with van der Waals surface area (Å²) in [6.07, 6.45) is 3.18. The molecule has 0 unspecified atom stereocenters. The molecule has 25 heavy (non-hydrogen) atoms. The summed E-state index contributed by atoms with van der Waals surface area (Å²) in [5.74, 6) is 1.14. The fourth-order valence-electron chi connectivity index (χ4n) is 3.86. The summed E-state index contributed by atoms with van der Waals surface area (Å²) in [5, 5.41) is 11.8. The SMILES string of the molecule is Cc1cc2c(nc1N1CCC(OC[C@]3(C)C[C@H]3C#N)CC1)CNC2=O. The van der Waals surface area contributed by atoms with Crippen LogP contribution >= 0.6 is 0 Å². The van der Waals surface area contributed by atoms with Crippen LogP contribution in [-0.2, 0) is 11.3 Å². The Morgan fingerprint density at radius 2 is 2.24 bits per heavy atom. The van der Waals surface area contributed by atoms with Crippen molar-refractivity contribution in [2.24, 2.45) is 11.3 Å². The zero-order valence-corrected chi connectivity index (χ0v) is 14.8. The van der Waals surface area contributed by atoms with Crippen LogP contribution in [0.2, 0.25) is 0 Å². The van der Waals surface area contributed by atoms with Crippen molar-refractivity contribution in [1.82, 2.24) is 10.3 Å². The lowest BCUT2D eigenvalue weighted by Crippen LogP contribution is -2.38. The highest BCUT2D eigenvalue weighted by molar-refractivity contribution is 5.98. The van der Waals surface area contributed by atoms with Gasteiger partial charge in [0.1, 0.15) is 5.82 Å². The number of nitriles is 1. The van der Waals surface area contributed by atoms with Crippen molar-refractivity contribution in [1.29, 1.82) is 5.26 Å². The van der Waals surface area contributed by atoms with Gasteiger partial charge >= 0.3 is 0 Å². The number of ether oxygens (including phenoxy) is 1. The summed E-state index contributed by atoms with van der Waals surface area (Å²) in [6.45, 7) is 7.21. The van der Waals surface area contributed by atoms with Gasteiger partial charge < -0.3 is 15.0 Å². The molecule has 1 aromatic heterocycles. The van der Waals surface area contributed by atoms with Gasteiger partial charge in [0.25, 0.3) is 5.91 Å². The maximum absolute atomic E-state index is 11.7. The summed E-state index contributed by atoms with van der Waals surface area (Å²) in [6, 6.07) is 4.31. The molecule has 0 bridgehead atoms. The van der Waals surface area contributed by atoms with E-state index in [4.69, 9.17) is 15.0 Å². The number of carbonyl (C=O) groups is 1. The fourth-order valence-corrected chi connectivity index (χ4v) is 3.86. The molecule has 1 amide bonds. The highest BCUT2D eigenvalue weighted by Gasteiger charge is 2.51. The Labute approximate surface area is 148 Å². The van der Waals surface area contributed by atoms with Crippen molar-refractivity contribution in [3.63, 3.8) is 0 Å². The van der Waals surface area contributed by atoms with Crippen molar-refractivity contribution in [3.05, 3.63) is 22.9 Å². The predicted molar refractivity (Wildman–Crippen MR) is 93.2 cm³/mol. The number of fused-ring (bicyclic) bond motifs is 1. The second-order valence-corrected chi connectivity index (χ2v) is 7.84. The molecular weight excluding hydrogens is 316 g/mol. The third-order valence-electron chi connectivity index (χ3n) is 5.82. The van der Waals surface area contributed by atoms with Gasteiger partial charge in [-0.1, -0.05) is 6.92 Å². The summed E-state index contributed by atoms with van der Waals surface area (Å²) < 4.78 is 6.09. The lowest BCUT2D eigenvalue weighted by Gasteiger charge is -2.34. The molecule has 0 radical (unpaired) electrons. The standard InChI is InChI=1S/C19H24N4O2/c1-12-7-15-16(10-21-18(15)24)22-17(12)23-5-3-14(4-6-23)25-11-19(2)8-13(19)9-20/h7,13-14H,3-6,8,10-11H2,1-2H3,(H,21,24)/t13-,19-/m0/s1. The number of piperidine rings is 1. The number of nitrogens with one attached hydrogen (secondary N) is 1.